The molecule has 182 valence electrons. The van der Waals surface area contributed by atoms with Crippen molar-refractivity contribution in [1.29, 1.82) is 0 Å². The molecular formula is C26H43NO5. The fraction of sp³-hybridized carbons (Fsp3) is 0.923. The summed E-state index contributed by atoms with van der Waals surface area (Å²) < 4.78 is 0. The zero-order valence-corrected chi connectivity index (χ0v) is 20.1. The second-order valence-electron chi connectivity index (χ2n) is 12.1. The van der Waals surface area contributed by atoms with E-state index in [9.17, 15) is 19.8 Å². The van der Waals surface area contributed by atoms with Gasteiger partial charge < -0.3 is 20.6 Å². The smallest absolute Gasteiger partial charge is 0.322 e. The first-order valence-electron chi connectivity index (χ1n) is 12.9. The molecule has 4 N–H and O–H groups in total. The quantitative estimate of drug-likeness (QED) is 0.496. The van der Waals surface area contributed by atoms with Crippen molar-refractivity contribution < 1.29 is 24.9 Å². The van der Waals surface area contributed by atoms with Gasteiger partial charge in [-0.05, 0) is 104 Å². The molecule has 0 aromatic rings. The van der Waals surface area contributed by atoms with Gasteiger partial charge in [0.1, 0.15) is 6.54 Å². The van der Waals surface area contributed by atoms with E-state index in [-0.39, 0.29) is 35.5 Å². The summed E-state index contributed by atoms with van der Waals surface area (Å²) in [5.74, 6) is 1.84. The molecule has 2 unspecified atom stereocenters. The number of hydrogen-bond donors (Lipinski definition) is 4. The van der Waals surface area contributed by atoms with E-state index in [1.807, 2.05) is 0 Å². The van der Waals surface area contributed by atoms with Crippen LogP contribution in [-0.2, 0) is 9.59 Å². The van der Waals surface area contributed by atoms with Gasteiger partial charge in [-0.15, -0.1) is 0 Å². The van der Waals surface area contributed by atoms with Crippen molar-refractivity contribution in [3.8, 4) is 0 Å². The van der Waals surface area contributed by atoms with E-state index in [2.05, 4.69) is 26.1 Å². The minimum absolute atomic E-state index is 0.102. The number of aliphatic hydroxyl groups excluding tert-OH is 2. The molecule has 0 aromatic carbocycles. The Morgan fingerprint density at radius 3 is 2.50 bits per heavy atom. The van der Waals surface area contributed by atoms with Gasteiger partial charge in [0.25, 0.3) is 0 Å². The highest BCUT2D eigenvalue weighted by molar-refractivity contribution is 5.81. The zero-order chi connectivity index (χ0) is 23.3. The van der Waals surface area contributed by atoms with Crippen molar-refractivity contribution in [2.24, 2.45) is 46.3 Å². The highest BCUT2D eigenvalue weighted by Gasteiger charge is 2.63. The average Bonchev–Trinajstić information content (AvgIpc) is 3.10. The van der Waals surface area contributed by atoms with Crippen LogP contribution in [-0.4, -0.2) is 45.9 Å². The molecule has 4 aliphatic rings. The number of rotatable bonds is 6. The number of hydrogen-bond acceptors (Lipinski definition) is 4. The maximum atomic E-state index is 12.0. The van der Waals surface area contributed by atoms with Crippen molar-refractivity contribution in [1.82, 2.24) is 5.32 Å². The molecule has 4 rings (SSSR count). The van der Waals surface area contributed by atoms with Gasteiger partial charge >= 0.3 is 5.97 Å². The highest BCUT2D eigenvalue weighted by Crippen LogP contribution is 2.68. The number of aliphatic hydroxyl groups is 2. The van der Waals surface area contributed by atoms with E-state index in [0.717, 1.165) is 44.9 Å². The van der Waals surface area contributed by atoms with Crippen molar-refractivity contribution in [3.63, 3.8) is 0 Å². The van der Waals surface area contributed by atoms with Crippen LogP contribution in [0.4, 0.5) is 0 Å². The number of carboxylic acid groups (broad SMARTS) is 1. The van der Waals surface area contributed by atoms with E-state index in [1.165, 1.54) is 12.8 Å². The van der Waals surface area contributed by atoms with Gasteiger partial charge in [-0.1, -0.05) is 20.8 Å². The lowest BCUT2D eigenvalue weighted by atomic mass is 9.43. The predicted octanol–water partition coefficient (Wildman–Crippen LogP) is 3.59. The monoisotopic (exact) mass is 449 g/mol. The van der Waals surface area contributed by atoms with Crippen LogP contribution in [0, 0.1) is 46.3 Å². The summed E-state index contributed by atoms with van der Waals surface area (Å²) in [6.45, 7) is 6.65. The van der Waals surface area contributed by atoms with Crippen LogP contribution in [0.3, 0.4) is 0 Å². The lowest BCUT2D eigenvalue weighted by Gasteiger charge is -2.62. The number of carbonyl (C=O) groups excluding carboxylic acids is 1. The van der Waals surface area contributed by atoms with Crippen molar-refractivity contribution >= 4 is 11.9 Å². The number of carbonyl (C=O) groups is 2. The van der Waals surface area contributed by atoms with Gasteiger partial charge in [0.15, 0.2) is 0 Å². The molecule has 0 radical (unpaired) electrons. The Kier molecular flexibility index (Phi) is 6.68. The molecule has 0 saturated heterocycles. The zero-order valence-electron chi connectivity index (χ0n) is 20.1. The normalized spacial score (nSPS) is 46.5. The predicted molar refractivity (Wildman–Crippen MR) is 122 cm³/mol. The summed E-state index contributed by atoms with van der Waals surface area (Å²) >= 11 is 0. The lowest BCUT2D eigenvalue weighted by molar-refractivity contribution is -0.175. The summed E-state index contributed by atoms with van der Waals surface area (Å²) in [5.41, 5.74) is 0.145. The van der Waals surface area contributed by atoms with Gasteiger partial charge in [0.05, 0.1) is 12.2 Å². The average molecular weight is 450 g/mol. The first-order chi connectivity index (χ1) is 15.1. The SMILES string of the molecule is CC(CCC(=O)NCC(=O)O)[C@H]1CC[C@H]2[C@@H]3CCC4C[C@H](O)CC[C@]4(C)[C@H]3C[C@H](O)[C@]12C. The second-order valence-corrected chi connectivity index (χ2v) is 12.1. The molecule has 4 saturated carbocycles. The van der Waals surface area contributed by atoms with Crippen LogP contribution in [0.15, 0.2) is 0 Å². The molecule has 6 nitrogen and oxygen atoms in total. The molecule has 4 aliphatic carbocycles. The largest absolute Gasteiger partial charge is 0.480 e. The van der Waals surface area contributed by atoms with Crippen LogP contribution in [0.1, 0.15) is 85.0 Å². The molecule has 32 heavy (non-hydrogen) atoms. The Morgan fingerprint density at radius 1 is 1.03 bits per heavy atom. The molecule has 4 fully saturated rings. The van der Waals surface area contributed by atoms with E-state index in [0.29, 0.717) is 41.9 Å². The standard InChI is InChI=1S/C26H43NO5/c1-15(4-9-23(30)27-14-24(31)32)19-7-8-20-18-6-5-16-12-17(28)10-11-25(16,2)21(18)13-22(29)26(19,20)3/h15-22,28-29H,4-14H2,1-3H3,(H,27,30)(H,31,32)/t15?,16?,17-,18+,19-,20+,21+,22+,25+,26-/m1/s1. The van der Waals surface area contributed by atoms with Gasteiger partial charge in [-0.2, -0.15) is 0 Å². The molecule has 0 bridgehead atoms. The van der Waals surface area contributed by atoms with Crippen molar-refractivity contribution in [2.45, 2.75) is 97.2 Å². The van der Waals surface area contributed by atoms with Gasteiger partial charge in [0, 0.05) is 6.42 Å². The third-order valence-electron chi connectivity index (χ3n) is 10.8. The summed E-state index contributed by atoms with van der Waals surface area (Å²) in [6, 6.07) is 0. The molecule has 10 atom stereocenters. The number of nitrogens with one attached hydrogen (secondary N) is 1. The fourth-order valence-corrected chi connectivity index (χ4v) is 8.98. The first-order valence-corrected chi connectivity index (χ1v) is 12.9. The molecule has 0 aromatic heterocycles. The minimum Gasteiger partial charge on any atom is -0.480 e. The minimum atomic E-state index is -1.02. The number of amides is 1. The topological polar surface area (TPSA) is 107 Å². The summed E-state index contributed by atoms with van der Waals surface area (Å²) in [6.07, 6.45) is 9.12. The fourth-order valence-electron chi connectivity index (χ4n) is 8.98. The van der Waals surface area contributed by atoms with Crippen LogP contribution in [0.25, 0.3) is 0 Å². The van der Waals surface area contributed by atoms with E-state index in [4.69, 9.17) is 5.11 Å². The molecule has 6 heteroatoms. The van der Waals surface area contributed by atoms with Gasteiger partial charge in [-0.25, -0.2) is 0 Å². The van der Waals surface area contributed by atoms with Crippen molar-refractivity contribution in [3.05, 3.63) is 0 Å². The lowest BCUT2D eigenvalue weighted by Crippen LogP contribution is -2.58. The van der Waals surface area contributed by atoms with Gasteiger partial charge in [-0.3, -0.25) is 9.59 Å². The molecule has 0 spiro atoms. The number of aliphatic carboxylic acids is 1. The number of fused-ring (bicyclic) bond motifs is 5. The Balaban J connectivity index is 1.45. The Morgan fingerprint density at radius 2 is 1.78 bits per heavy atom. The van der Waals surface area contributed by atoms with Crippen molar-refractivity contribution in [2.75, 3.05) is 6.54 Å². The Hall–Kier alpha value is -1.14. The molecule has 0 aliphatic heterocycles. The summed E-state index contributed by atoms with van der Waals surface area (Å²) in [7, 11) is 0. The number of carboxylic acids is 1. The van der Waals surface area contributed by atoms with E-state index < -0.39 is 5.97 Å². The van der Waals surface area contributed by atoms with E-state index >= 15 is 0 Å². The van der Waals surface area contributed by atoms with Crippen LogP contribution in [0.2, 0.25) is 0 Å². The van der Waals surface area contributed by atoms with Gasteiger partial charge in [0.2, 0.25) is 5.91 Å². The maximum Gasteiger partial charge on any atom is 0.322 e. The maximum absolute atomic E-state index is 12.0. The van der Waals surface area contributed by atoms with Crippen LogP contribution in [0.5, 0.6) is 0 Å². The Bertz CT molecular complexity index is 727. The molecular weight excluding hydrogens is 406 g/mol. The Labute approximate surface area is 192 Å². The first kappa shape index (κ1) is 24.0. The van der Waals surface area contributed by atoms with Crippen LogP contribution >= 0.6 is 0 Å². The molecule has 1 amide bonds. The summed E-state index contributed by atoms with van der Waals surface area (Å²) in [4.78, 5) is 22.7. The summed E-state index contributed by atoms with van der Waals surface area (Å²) in [5, 5.41) is 33.0. The highest BCUT2D eigenvalue weighted by atomic mass is 16.4. The van der Waals surface area contributed by atoms with Crippen LogP contribution < -0.4 is 5.32 Å². The second kappa shape index (κ2) is 8.90. The third kappa shape index (κ3) is 4.00. The molecule has 0 heterocycles. The third-order valence-corrected chi connectivity index (χ3v) is 10.8. The van der Waals surface area contributed by atoms with E-state index in [1.54, 1.807) is 0 Å².